The van der Waals surface area contributed by atoms with Gasteiger partial charge in [-0.15, -0.1) is 0 Å². The highest BCUT2D eigenvalue weighted by molar-refractivity contribution is 5.78. The fraction of sp³-hybridized carbons (Fsp3) is 0.562. The van der Waals surface area contributed by atoms with Crippen LogP contribution in [0, 0.1) is 6.92 Å². The number of nitrogens with two attached hydrogens (primary N) is 1. The van der Waals surface area contributed by atoms with Gasteiger partial charge in [0.25, 0.3) is 5.91 Å². The number of carbonyl (C=O) groups is 1. The lowest BCUT2D eigenvalue weighted by atomic mass is 10.1. The molecule has 0 aromatic heterocycles. The second kappa shape index (κ2) is 6.27. The fourth-order valence-electron chi connectivity index (χ4n) is 2.36. The molecule has 0 aliphatic heterocycles. The van der Waals surface area contributed by atoms with E-state index in [0.717, 1.165) is 36.3 Å². The Morgan fingerprint density at radius 2 is 2.20 bits per heavy atom. The molecule has 0 spiro atoms. The van der Waals surface area contributed by atoms with Crippen molar-refractivity contribution in [1.82, 2.24) is 4.90 Å². The van der Waals surface area contributed by atoms with Crippen molar-refractivity contribution in [3.8, 4) is 5.75 Å². The normalized spacial score (nSPS) is 15.8. The summed E-state index contributed by atoms with van der Waals surface area (Å²) in [5.41, 5.74) is 7.95. The molecule has 0 heterocycles. The highest BCUT2D eigenvalue weighted by atomic mass is 16.5. The van der Waals surface area contributed by atoms with Gasteiger partial charge >= 0.3 is 0 Å². The van der Waals surface area contributed by atoms with Crippen molar-refractivity contribution in [2.45, 2.75) is 45.7 Å². The lowest BCUT2D eigenvalue weighted by Gasteiger charge is -2.21. The van der Waals surface area contributed by atoms with Crippen LogP contribution in [0.3, 0.4) is 0 Å². The van der Waals surface area contributed by atoms with Gasteiger partial charge in [0.1, 0.15) is 5.75 Å². The van der Waals surface area contributed by atoms with Crippen LogP contribution in [0.1, 0.15) is 43.9 Å². The molecule has 0 bridgehead atoms. The maximum Gasteiger partial charge on any atom is 0.260 e. The molecule has 1 aliphatic carbocycles. The Hall–Kier alpha value is -1.55. The van der Waals surface area contributed by atoms with Crippen LogP contribution in [0.15, 0.2) is 18.2 Å². The molecule has 4 nitrogen and oxygen atoms in total. The van der Waals surface area contributed by atoms with Crippen molar-refractivity contribution >= 4 is 5.91 Å². The number of nitrogens with zero attached hydrogens (tertiary/aromatic N) is 1. The van der Waals surface area contributed by atoms with Crippen molar-refractivity contribution in [1.29, 1.82) is 0 Å². The standard InChI is InChI=1S/C16H24N2O2/c1-4-18(14-6-7-14)16(19)10-20-15-8-5-13(12(3)17)9-11(15)2/h5,8-9,12,14H,4,6-7,10,17H2,1-3H3/t12-/m1/s1. The number of carbonyl (C=O) groups excluding carboxylic acids is 1. The number of rotatable bonds is 6. The number of likely N-dealkylation sites (N-methyl/N-ethyl adjacent to an activating group) is 1. The minimum absolute atomic E-state index is 0.00910. The van der Waals surface area contributed by atoms with Crippen LogP contribution in [0.25, 0.3) is 0 Å². The summed E-state index contributed by atoms with van der Waals surface area (Å²) in [4.78, 5) is 14.0. The predicted octanol–water partition coefficient (Wildman–Crippen LogP) is 2.40. The third-order valence-electron chi connectivity index (χ3n) is 3.72. The Morgan fingerprint density at radius 3 is 2.70 bits per heavy atom. The minimum atomic E-state index is 0.00910. The van der Waals surface area contributed by atoms with Gasteiger partial charge < -0.3 is 15.4 Å². The summed E-state index contributed by atoms with van der Waals surface area (Å²) >= 11 is 0. The molecule has 0 radical (unpaired) electrons. The topological polar surface area (TPSA) is 55.6 Å². The number of aryl methyl sites for hydroxylation is 1. The smallest absolute Gasteiger partial charge is 0.260 e. The van der Waals surface area contributed by atoms with Crippen LogP contribution in [0.4, 0.5) is 0 Å². The summed E-state index contributed by atoms with van der Waals surface area (Å²) in [6, 6.07) is 6.32. The second-order valence-corrected chi connectivity index (χ2v) is 5.51. The first kappa shape index (κ1) is 14.9. The fourth-order valence-corrected chi connectivity index (χ4v) is 2.36. The number of hydrogen-bond acceptors (Lipinski definition) is 3. The van der Waals surface area contributed by atoms with Gasteiger partial charge in [0.15, 0.2) is 6.61 Å². The quantitative estimate of drug-likeness (QED) is 0.868. The van der Waals surface area contributed by atoms with Gasteiger partial charge in [-0.3, -0.25) is 4.79 Å². The molecule has 2 N–H and O–H groups in total. The van der Waals surface area contributed by atoms with Gasteiger partial charge in [-0.05, 0) is 50.8 Å². The molecule has 1 aliphatic rings. The van der Waals surface area contributed by atoms with E-state index < -0.39 is 0 Å². The predicted molar refractivity (Wildman–Crippen MR) is 79.7 cm³/mol. The summed E-state index contributed by atoms with van der Waals surface area (Å²) in [5, 5.41) is 0. The van der Waals surface area contributed by atoms with E-state index in [2.05, 4.69) is 0 Å². The second-order valence-electron chi connectivity index (χ2n) is 5.51. The summed E-state index contributed by atoms with van der Waals surface area (Å²) in [5.74, 6) is 0.834. The Balaban J connectivity index is 1.95. The van der Waals surface area contributed by atoms with E-state index in [1.54, 1.807) is 0 Å². The molecule has 0 saturated heterocycles. The minimum Gasteiger partial charge on any atom is -0.484 e. The van der Waals surface area contributed by atoms with E-state index in [0.29, 0.717) is 6.04 Å². The first-order valence-corrected chi connectivity index (χ1v) is 7.31. The maximum absolute atomic E-state index is 12.1. The van der Waals surface area contributed by atoms with Crippen molar-refractivity contribution in [2.24, 2.45) is 5.73 Å². The van der Waals surface area contributed by atoms with Gasteiger partial charge in [0, 0.05) is 18.6 Å². The Bertz CT molecular complexity index is 481. The van der Waals surface area contributed by atoms with Crippen LogP contribution in [0.2, 0.25) is 0 Å². The van der Waals surface area contributed by atoms with Crippen molar-refractivity contribution in [3.63, 3.8) is 0 Å². The molecule has 0 unspecified atom stereocenters. The number of ether oxygens (including phenoxy) is 1. The van der Waals surface area contributed by atoms with Gasteiger partial charge in [-0.25, -0.2) is 0 Å². The molecule has 1 aromatic carbocycles. The zero-order chi connectivity index (χ0) is 14.7. The zero-order valence-corrected chi connectivity index (χ0v) is 12.6. The molecule has 4 heteroatoms. The van der Waals surface area contributed by atoms with Crippen molar-refractivity contribution in [3.05, 3.63) is 29.3 Å². The number of benzene rings is 1. The lowest BCUT2D eigenvalue weighted by Crippen LogP contribution is -2.36. The summed E-state index contributed by atoms with van der Waals surface area (Å²) in [6.07, 6.45) is 2.25. The van der Waals surface area contributed by atoms with E-state index in [4.69, 9.17) is 10.5 Å². The van der Waals surface area contributed by atoms with E-state index in [9.17, 15) is 4.79 Å². The van der Waals surface area contributed by atoms with Gasteiger partial charge in [0.05, 0.1) is 0 Å². The average Bonchev–Trinajstić information content (AvgIpc) is 3.22. The first-order chi connectivity index (χ1) is 9.52. The van der Waals surface area contributed by atoms with E-state index in [1.165, 1.54) is 0 Å². The zero-order valence-electron chi connectivity index (χ0n) is 12.6. The summed E-state index contributed by atoms with van der Waals surface area (Å²) < 4.78 is 5.66. The van der Waals surface area contributed by atoms with Crippen LogP contribution < -0.4 is 10.5 Å². The third kappa shape index (κ3) is 3.51. The lowest BCUT2D eigenvalue weighted by molar-refractivity contribution is -0.133. The molecule has 1 fully saturated rings. The largest absolute Gasteiger partial charge is 0.484 e. The Labute approximate surface area is 120 Å². The molecule has 20 heavy (non-hydrogen) atoms. The SMILES string of the molecule is CCN(C(=O)COc1ccc([C@@H](C)N)cc1C)C1CC1. The molecule has 110 valence electrons. The van der Waals surface area contributed by atoms with Crippen LogP contribution in [0.5, 0.6) is 5.75 Å². The molecule has 1 aromatic rings. The molecule has 1 saturated carbocycles. The molecular weight excluding hydrogens is 252 g/mol. The Kier molecular flexibility index (Phi) is 4.65. The Morgan fingerprint density at radius 1 is 1.50 bits per heavy atom. The maximum atomic E-state index is 12.1. The van der Waals surface area contributed by atoms with Gasteiger partial charge in [-0.2, -0.15) is 0 Å². The van der Waals surface area contributed by atoms with Crippen molar-refractivity contribution < 1.29 is 9.53 Å². The molecular formula is C16H24N2O2. The summed E-state index contributed by atoms with van der Waals surface area (Å²) in [7, 11) is 0. The van der Waals surface area contributed by atoms with Crippen LogP contribution in [-0.2, 0) is 4.79 Å². The molecule has 1 atom stereocenters. The van der Waals surface area contributed by atoms with Gasteiger partial charge in [-0.1, -0.05) is 12.1 Å². The van der Waals surface area contributed by atoms with E-state index in [-0.39, 0.29) is 18.6 Å². The average molecular weight is 276 g/mol. The third-order valence-corrected chi connectivity index (χ3v) is 3.72. The number of amides is 1. The highest BCUT2D eigenvalue weighted by Gasteiger charge is 2.31. The van der Waals surface area contributed by atoms with Crippen molar-refractivity contribution in [2.75, 3.05) is 13.2 Å². The number of hydrogen-bond donors (Lipinski definition) is 1. The highest BCUT2D eigenvalue weighted by Crippen LogP contribution is 2.27. The molecule has 1 amide bonds. The van der Waals surface area contributed by atoms with E-state index in [1.807, 2.05) is 43.9 Å². The molecule has 2 rings (SSSR count). The van der Waals surface area contributed by atoms with Crippen LogP contribution in [-0.4, -0.2) is 30.0 Å². The summed E-state index contributed by atoms with van der Waals surface area (Å²) in [6.45, 7) is 6.81. The van der Waals surface area contributed by atoms with E-state index >= 15 is 0 Å². The monoisotopic (exact) mass is 276 g/mol. The van der Waals surface area contributed by atoms with Gasteiger partial charge in [0.2, 0.25) is 0 Å². The first-order valence-electron chi connectivity index (χ1n) is 7.31. The van der Waals surface area contributed by atoms with Crippen LogP contribution >= 0.6 is 0 Å².